The molecule has 0 bridgehead atoms. The number of fused-ring (bicyclic) bond motifs is 1. The first-order chi connectivity index (χ1) is 9.76. The molecule has 0 aromatic heterocycles. The van der Waals surface area contributed by atoms with Crippen LogP contribution in [0.4, 0.5) is 0 Å². The molecule has 0 fully saturated rings. The van der Waals surface area contributed by atoms with Gasteiger partial charge in [-0.15, -0.1) is 0 Å². The van der Waals surface area contributed by atoms with Crippen molar-refractivity contribution in [3.05, 3.63) is 65.2 Å². The minimum absolute atomic E-state index is 0.276. The summed E-state index contributed by atoms with van der Waals surface area (Å²) < 4.78 is 5.14. The maximum atomic E-state index is 10.3. The molecule has 2 atom stereocenters. The number of aliphatic hydroxyl groups is 1. The summed E-state index contributed by atoms with van der Waals surface area (Å²) in [5, 5.41) is 10.3. The number of hydrogen-bond acceptors (Lipinski definition) is 2. The molecule has 20 heavy (non-hydrogen) atoms. The number of rotatable bonds is 5. The Bertz CT molecular complexity index is 574. The second-order valence-corrected chi connectivity index (χ2v) is 5.54. The van der Waals surface area contributed by atoms with E-state index in [1.54, 1.807) is 7.11 Å². The Labute approximate surface area is 120 Å². The van der Waals surface area contributed by atoms with Crippen LogP contribution in [0.1, 0.15) is 29.0 Å². The SMILES string of the molecule is COc1ccc(CC(O)CC2Cc3ccccc32)cc1. The zero-order valence-corrected chi connectivity index (χ0v) is 11.8. The zero-order chi connectivity index (χ0) is 13.9. The van der Waals surface area contributed by atoms with Crippen LogP contribution in [0.3, 0.4) is 0 Å². The molecule has 0 aliphatic heterocycles. The van der Waals surface area contributed by atoms with E-state index in [0.29, 0.717) is 12.3 Å². The molecular formula is C18H20O2. The van der Waals surface area contributed by atoms with Crippen LogP contribution in [0.25, 0.3) is 0 Å². The maximum Gasteiger partial charge on any atom is 0.118 e. The van der Waals surface area contributed by atoms with Gasteiger partial charge in [-0.25, -0.2) is 0 Å². The van der Waals surface area contributed by atoms with Gasteiger partial charge < -0.3 is 9.84 Å². The normalized spacial score (nSPS) is 18.0. The molecule has 3 rings (SSSR count). The predicted octanol–water partition coefficient (Wildman–Crippen LogP) is 3.33. The summed E-state index contributed by atoms with van der Waals surface area (Å²) in [5.74, 6) is 1.38. The van der Waals surface area contributed by atoms with Crippen molar-refractivity contribution in [1.29, 1.82) is 0 Å². The monoisotopic (exact) mass is 268 g/mol. The zero-order valence-electron chi connectivity index (χ0n) is 11.8. The van der Waals surface area contributed by atoms with E-state index in [0.717, 1.165) is 24.2 Å². The topological polar surface area (TPSA) is 29.5 Å². The van der Waals surface area contributed by atoms with Crippen molar-refractivity contribution < 1.29 is 9.84 Å². The minimum atomic E-state index is -0.276. The van der Waals surface area contributed by atoms with Crippen molar-refractivity contribution >= 4 is 0 Å². The summed E-state index contributed by atoms with van der Waals surface area (Å²) >= 11 is 0. The second kappa shape index (κ2) is 5.68. The molecule has 104 valence electrons. The molecule has 2 heteroatoms. The van der Waals surface area contributed by atoms with Gasteiger partial charge >= 0.3 is 0 Å². The van der Waals surface area contributed by atoms with E-state index < -0.39 is 0 Å². The van der Waals surface area contributed by atoms with Crippen LogP contribution in [0, 0.1) is 0 Å². The first-order valence-electron chi connectivity index (χ1n) is 7.15. The standard InChI is InChI=1S/C18H20O2/c1-20-17-8-6-13(7-9-17)10-16(19)12-15-11-14-4-2-3-5-18(14)15/h2-9,15-16,19H,10-12H2,1H3. The highest BCUT2D eigenvalue weighted by Gasteiger charge is 2.27. The first-order valence-corrected chi connectivity index (χ1v) is 7.15. The molecular weight excluding hydrogens is 248 g/mol. The van der Waals surface area contributed by atoms with Gasteiger partial charge in [-0.2, -0.15) is 0 Å². The van der Waals surface area contributed by atoms with Crippen molar-refractivity contribution in [1.82, 2.24) is 0 Å². The fraction of sp³-hybridized carbons (Fsp3) is 0.333. The molecule has 2 unspecified atom stereocenters. The second-order valence-electron chi connectivity index (χ2n) is 5.54. The van der Waals surface area contributed by atoms with Crippen molar-refractivity contribution in [3.8, 4) is 5.75 Å². The van der Waals surface area contributed by atoms with Gasteiger partial charge in [0.15, 0.2) is 0 Å². The minimum Gasteiger partial charge on any atom is -0.497 e. The van der Waals surface area contributed by atoms with Gasteiger partial charge in [0.2, 0.25) is 0 Å². The van der Waals surface area contributed by atoms with Gasteiger partial charge in [0.05, 0.1) is 13.2 Å². The maximum absolute atomic E-state index is 10.3. The third kappa shape index (κ3) is 2.70. The summed E-state index contributed by atoms with van der Waals surface area (Å²) in [6.07, 6.45) is 2.39. The van der Waals surface area contributed by atoms with Crippen LogP contribution < -0.4 is 4.74 Å². The van der Waals surface area contributed by atoms with E-state index in [1.165, 1.54) is 11.1 Å². The lowest BCUT2D eigenvalue weighted by atomic mass is 9.74. The van der Waals surface area contributed by atoms with Crippen molar-refractivity contribution in [2.45, 2.75) is 31.3 Å². The highest BCUT2D eigenvalue weighted by molar-refractivity contribution is 5.40. The highest BCUT2D eigenvalue weighted by Crippen LogP contribution is 2.38. The molecule has 1 aliphatic carbocycles. The van der Waals surface area contributed by atoms with Gasteiger partial charge in [-0.05, 0) is 54.0 Å². The van der Waals surface area contributed by atoms with Gasteiger partial charge in [-0.3, -0.25) is 0 Å². The predicted molar refractivity (Wildman–Crippen MR) is 80.2 cm³/mol. The van der Waals surface area contributed by atoms with Crippen molar-refractivity contribution in [3.63, 3.8) is 0 Å². The molecule has 2 aromatic carbocycles. The molecule has 0 heterocycles. The molecule has 1 aliphatic rings. The van der Waals surface area contributed by atoms with E-state index >= 15 is 0 Å². The molecule has 2 aromatic rings. The fourth-order valence-electron chi connectivity index (χ4n) is 3.02. The summed E-state index contributed by atoms with van der Waals surface area (Å²) in [4.78, 5) is 0. The molecule has 0 spiro atoms. The van der Waals surface area contributed by atoms with E-state index in [2.05, 4.69) is 24.3 Å². The van der Waals surface area contributed by atoms with Crippen LogP contribution >= 0.6 is 0 Å². The number of aliphatic hydroxyl groups excluding tert-OH is 1. The van der Waals surface area contributed by atoms with Gasteiger partial charge in [0.25, 0.3) is 0 Å². The smallest absolute Gasteiger partial charge is 0.118 e. The largest absolute Gasteiger partial charge is 0.497 e. The van der Waals surface area contributed by atoms with Crippen molar-refractivity contribution in [2.24, 2.45) is 0 Å². The Morgan fingerprint density at radius 3 is 2.60 bits per heavy atom. The average molecular weight is 268 g/mol. The van der Waals surface area contributed by atoms with E-state index in [9.17, 15) is 5.11 Å². The Balaban J connectivity index is 1.56. The lowest BCUT2D eigenvalue weighted by molar-refractivity contribution is 0.151. The quantitative estimate of drug-likeness (QED) is 0.901. The Hall–Kier alpha value is -1.80. The Kier molecular flexibility index (Phi) is 3.75. The lowest BCUT2D eigenvalue weighted by Gasteiger charge is -2.31. The lowest BCUT2D eigenvalue weighted by Crippen LogP contribution is -2.23. The van der Waals surface area contributed by atoms with Crippen LogP contribution in [0.5, 0.6) is 5.75 Å². The average Bonchev–Trinajstić information content (AvgIpc) is 2.46. The summed E-state index contributed by atoms with van der Waals surface area (Å²) in [5.41, 5.74) is 4.02. The van der Waals surface area contributed by atoms with Gasteiger partial charge in [0.1, 0.15) is 5.75 Å². The summed E-state index contributed by atoms with van der Waals surface area (Å²) in [6.45, 7) is 0. The molecule has 0 amide bonds. The number of benzene rings is 2. The molecule has 2 nitrogen and oxygen atoms in total. The molecule has 0 saturated heterocycles. The van der Waals surface area contributed by atoms with Gasteiger partial charge in [0, 0.05) is 0 Å². The third-order valence-corrected chi connectivity index (χ3v) is 4.15. The van der Waals surface area contributed by atoms with Crippen LogP contribution in [-0.4, -0.2) is 18.3 Å². The Morgan fingerprint density at radius 2 is 1.90 bits per heavy atom. The van der Waals surface area contributed by atoms with E-state index in [4.69, 9.17) is 4.74 Å². The summed E-state index contributed by atoms with van der Waals surface area (Å²) in [6, 6.07) is 16.5. The van der Waals surface area contributed by atoms with Gasteiger partial charge in [-0.1, -0.05) is 36.4 Å². The van der Waals surface area contributed by atoms with Crippen LogP contribution in [-0.2, 0) is 12.8 Å². The molecule has 0 saturated carbocycles. The number of methoxy groups -OCH3 is 1. The van der Waals surface area contributed by atoms with E-state index in [1.807, 2.05) is 24.3 Å². The first kappa shape index (κ1) is 13.2. The Morgan fingerprint density at radius 1 is 1.15 bits per heavy atom. The number of ether oxygens (including phenoxy) is 1. The van der Waals surface area contributed by atoms with Crippen LogP contribution in [0.2, 0.25) is 0 Å². The molecule has 0 radical (unpaired) electrons. The fourth-order valence-corrected chi connectivity index (χ4v) is 3.02. The van der Waals surface area contributed by atoms with Crippen LogP contribution in [0.15, 0.2) is 48.5 Å². The third-order valence-electron chi connectivity index (χ3n) is 4.15. The van der Waals surface area contributed by atoms with Crippen molar-refractivity contribution in [2.75, 3.05) is 7.11 Å². The summed E-state index contributed by atoms with van der Waals surface area (Å²) in [7, 11) is 1.66. The van der Waals surface area contributed by atoms with E-state index in [-0.39, 0.29) is 6.10 Å². The number of hydrogen-bond donors (Lipinski definition) is 1. The highest BCUT2D eigenvalue weighted by atomic mass is 16.5. The molecule has 1 N–H and O–H groups in total.